The highest BCUT2D eigenvalue weighted by Crippen LogP contribution is 2.23. The fourth-order valence-electron chi connectivity index (χ4n) is 1.68. The summed E-state index contributed by atoms with van der Waals surface area (Å²) in [6.07, 6.45) is 0.515. The highest BCUT2D eigenvalue weighted by Gasteiger charge is 2.10. The highest BCUT2D eigenvalue weighted by molar-refractivity contribution is 14.1. The van der Waals surface area contributed by atoms with Crippen LogP contribution in [-0.4, -0.2) is 14.9 Å². The molecular formula is C15H14INO3. The summed E-state index contributed by atoms with van der Waals surface area (Å²) in [5.41, 5.74) is 6.70. The van der Waals surface area contributed by atoms with Crippen LogP contribution in [0.25, 0.3) is 0 Å². The van der Waals surface area contributed by atoms with Gasteiger partial charge in [-0.25, -0.2) is 0 Å². The first-order valence-electron chi connectivity index (χ1n) is 6.05. The molecule has 4 nitrogen and oxygen atoms in total. The lowest BCUT2D eigenvalue weighted by Crippen LogP contribution is -2.28. The molecule has 0 saturated heterocycles. The van der Waals surface area contributed by atoms with Crippen molar-refractivity contribution in [2.75, 3.05) is 0 Å². The molecule has 104 valence electrons. The summed E-state index contributed by atoms with van der Waals surface area (Å²) in [4.78, 5) is 11.1. The van der Waals surface area contributed by atoms with Gasteiger partial charge in [-0.1, -0.05) is 12.1 Å². The van der Waals surface area contributed by atoms with Crippen LogP contribution >= 0.6 is 22.6 Å². The van der Waals surface area contributed by atoms with E-state index in [4.69, 9.17) is 10.5 Å². The molecule has 0 amide bonds. The van der Waals surface area contributed by atoms with Crippen molar-refractivity contribution in [1.82, 2.24) is 0 Å². The number of hydrogen-bond donors (Lipinski definition) is 2. The number of hydrogen-bond acceptors (Lipinski definition) is 4. The maximum absolute atomic E-state index is 11.1. The number of phenols is 1. The van der Waals surface area contributed by atoms with Crippen LogP contribution in [0.1, 0.15) is 5.56 Å². The predicted octanol–water partition coefficient (Wildman–Crippen LogP) is 3.02. The number of ether oxygens (including phenoxy) is 1. The largest absolute Gasteiger partial charge is 0.508 e. The SMILES string of the molecule is N[C@@H](Cc1ccc(Oc2ccc(O)cc2)cc1)C(=O)I. The minimum Gasteiger partial charge on any atom is -0.508 e. The summed E-state index contributed by atoms with van der Waals surface area (Å²) >= 11 is 1.71. The number of aromatic hydroxyl groups is 1. The zero-order chi connectivity index (χ0) is 14.5. The molecule has 0 aliphatic carbocycles. The predicted molar refractivity (Wildman–Crippen MR) is 85.3 cm³/mol. The smallest absolute Gasteiger partial charge is 0.209 e. The molecule has 0 fully saturated rings. The van der Waals surface area contributed by atoms with E-state index in [9.17, 15) is 9.90 Å². The van der Waals surface area contributed by atoms with Gasteiger partial charge in [0.2, 0.25) is 3.79 Å². The number of carbonyl (C=O) groups is 1. The summed E-state index contributed by atoms with van der Waals surface area (Å²) in [5, 5.41) is 9.19. The number of rotatable bonds is 5. The minimum atomic E-state index is -0.473. The lowest BCUT2D eigenvalue weighted by atomic mass is 10.1. The van der Waals surface area contributed by atoms with Gasteiger partial charge in [-0.2, -0.15) is 0 Å². The molecule has 0 spiro atoms. The average molecular weight is 383 g/mol. The van der Waals surface area contributed by atoms with E-state index in [2.05, 4.69) is 0 Å². The number of phenolic OH excluding ortho intramolecular Hbond substituents is 1. The normalized spacial score (nSPS) is 11.9. The van der Waals surface area contributed by atoms with E-state index in [0.29, 0.717) is 17.9 Å². The Kier molecular flexibility index (Phi) is 4.97. The molecule has 20 heavy (non-hydrogen) atoms. The van der Waals surface area contributed by atoms with E-state index < -0.39 is 6.04 Å². The first-order valence-corrected chi connectivity index (χ1v) is 7.13. The maximum atomic E-state index is 11.1. The van der Waals surface area contributed by atoms with Crippen molar-refractivity contribution in [3.05, 3.63) is 54.1 Å². The molecule has 0 aliphatic heterocycles. The quantitative estimate of drug-likeness (QED) is 0.615. The molecule has 5 heteroatoms. The highest BCUT2D eigenvalue weighted by atomic mass is 127. The zero-order valence-electron chi connectivity index (χ0n) is 10.6. The van der Waals surface area contributed by atoms with Crippen molar-refractivity contribution in [1.29, 1.82) is 0 Å². The third-order valence-corrected chi connectivity index (χ3v) is 3.54. The standard InChI is InChI=1S/C15H14INO3/c16-15(19)14(17)9-10-1-5-12(6-2-10)20-13-7-3-11(18)4-8-13/h1-8,14,18H,9,17H2/t14-/m0/s1. The molecule has 2 aromatic rings. The molecule has 0 bridgehead atoms. The van der Waals surface area contributed by atoms with Gasteiger partial charge in [0.25, 0.3) is 0 Å². The lowest BCUT2D eigenvalue weighted by Gasteiger charge is -2.09. The van der Waals surface area contributed by atoms with Gasteiger partial charge in [0.05, 0.1) is 6.04 Å². The van der Waals surface area contributed by atoms with Crippen LogP contribution in [0.3, 0.4) is 0 Å². The van der Waals surface area contributed by atoms with Gasteiger partial charge in [-0.15, -0.1) is 0 Å². The van der Waals surface area contributed by atoms with Crippen molar-refractivity contribution < 1.29 is 14.6 Å². The number of nitrogens with two attached hydrogens (primary N) is 1. The third-order valence-electron chi connectivity index (χ3n) is 2.74. The van der Waals surface area contributed by atoms with Gasteiger partial charge in [0.1, 0.15) is 17.2 Å². The monoisotopic (exact) mass is 383 g/mol. The Balaban J connectivity index is 2.01. The summed E-state index contributed by atoms with van der Waals surface area (Å²) in [7, 11) is 0. The molecule has 0 radical (unpaired) electrons. The summed E-state index contributed by atoms with van der Waals surface area (Å²) < 4.78 is 5.58. The van der Waals surface area contributed by atoms with Crippen molar-refractivity contribution in [2.24, 2.45) is 5.73 Å². The molecule has 1 atom stereocenters. The van der Waals surface area contributed by atoms with Crippen molar-refractivity contribution >= 4 is 26.4 Å². The van der Waals surface area contributed by atoms with Gasteiger partial charge in [0.15, 0.2) is 0 Å². The zero-order valence-corrected chi connectivity index (χ0v) is 12.8. The molecule has 3 N–H and O–H groups in total. The van der Waals surface area contributed by atoms with E-state index in [1.807, 2.05) is 24.3 Å². The Labute approximate surface area is 130 Å². The van der Waals surface area contributed by atoms with Crippen LogP contribution in [0.4, 0.5) is 0 Å². The van der Waals surface area contributed by atoms with E-state index >= 15 is 0 Å². The Morgan fingerprint density at radius 2 is 1.60 bits per heavy atom. The lowest BCUT2D eigenvalue weighted by molar-refractivity contribution is -0.110. The fourth-order valence-corrected chi connectivity index (χ4v) is 1.90. The van der Waals surface area contributed by atoms with Crippen LogP contribution in [0, 0.1) is 0 Å². The van der Waals surface area contributed by atoms with Gasteiger partial charge in [-0.05, 0) is 48.4 Å². The van der Waals surface area contributed by atoms with E-state index in [1.54, 1.807) is 46.9 Å². The Bertz CT molecular complexity index is 581. The van der Waals surface area contributed by atoms with Gasteiger partial charge >= 0.3 is 0 Å². The Hall–Kier alpha value is -1.60. The van der Waals surface area contributed by atoms with Gasteiger partial charge in [-0.3, -0.25) is 4.79 Å². The molecule has 2 aromatic carbocycles. The topological polar surface area (TPSA) is 72.6 Å². The second-order valence-electron chi connectivity index (χ2n) is 4.35. The molecule has 0 aromatic heterocycles. The van der Waals surface area contributed by atoms with Crippen molar-refractivity contribution in [3.8, 4) is 17.2 Å². The van der Waals surface area contributed by atoms with Crippen LogP contribution in [0.15, 0.2) is 48.5 Å². The molecule has 0 aliphatic rings. The molecule has 0 unspecified atom stereocenters. The molecular weight excluding hydrogens is 369 g/mol. The second-order valence-corrected chi connectivity index (χ2v) is 5.42. The van der Waals surface area contributed by atoms with Crippen molar-refractivity contribution in [3.63, 3.8) is 0 Å². The van der Waals surface area contributed by atoms with Crippen LogP contribution in [0.2, 0.25) is 0 Å². The van der Waals surface area contributed by atoms with Gasteiger partial charge in [0, 0.05) is 22.6 Å². The first kappa shape index (κ1) is 14.8. The van der Waals surface area contributed by atoms with Gasteiger partial charge < -0.3 is 15.6 Å². The van der Waals surface area contributed by atoms with E-state index in [-0.39, 0.29) is 9.54 Å². The number of halogens is 1. The summed E-state index contributed by atoms with van der Waals surface area (Å²) in [5.74, 6) is 1.54. The molecule has 0 saturated carbocycles. The van der Waals surface area contributed by atoms with E-state index in [1.165, 1.54) is 0 Å². The van der Waals surface area contributed by atoms with Crippen LogP contribution < -0.4 is 10.5 Å². The Morgan fingerprint density at radius 3 is 2.10 bits per heavy atom. The first-order chi connectivity index (χ1) is 9.54. The summed E-state index contributed by atoms with van der Waals surface area (Å²) in [6, 6.07) is 13.5. The Morgan fingerprint density at radius 1 is 1.10 bits per heavy atom. The number of benzene rings is 2. The second kappa shape index (κ2) is 6.71. The average Bonchev–Trinajstić information content (AvgIpc) is 2.43. The van der Waals surface area contributed by atoms with Crippen LogP contribution in [0.5, 0.6) is 17.2 Å². The third kappa shape index (κ3) is 4.21. The van der Waals surface area contributed by atoms with E-state index in [0.717, 1.165) is 5.56 Å². The molecule has 0 heterocycles. The maximum Gasteiger partial charge on any atom is 0.209 e. The fraction of sp³-hybridized carbons (Fsp3) is 0.133. The van der Waals surface area contributed by atoms with Crippen LogP contribution in [-0.2, 0) is 11.2 Å². The number of carbonyl (C=O) groups excluding carboxylic acids is 1. The minimum absolute atomic E-state index is 0.0491. The molecule has 2 rings (SSSR count). The summed E-state index contributed by atoms with van der Waals surface area (Å²) in [6.45, 7) is 0. The van der Waals surface area contributed by atoms with Crippen molar-refractivity contribution in [2.45, 2.75) is 12.5 Å².